The summed E-state index contributed by atoms with van der Waals surface area (Å²) < 4.78 is 5.51. The maximum atomic E-state index is 5.54. The van der Waals surface area contributed by atoms with Crippen LogP contribution in [0.25, 0.3) is 0 Å². The molecule has 1 aromatic rings. The number of hydrazine groups is 1. The number of pyridine rings is 1. The Morgan fingerprint density at radius 1 is 1.44 bits per heavy atom. The van der Waals surface area contributed by atoms with E-state index < -0.39 is 0 Å². The molecule has 0 spiro atoms. The van der Waals surface area contributed by atoms with Crippen LogP contribution in [0.4, 0.5) is 0 Å². The maximum absolute atomic E-state index is 5.54. The maximum Gasteiger partial charge on any atom is 0.0711 e. The molecule has 0 radical (unpaired) electrons. The van der Waals surface area contributed by atoms with E-state index in [1.807, 2.05) is 19.9 Å². The van der Waals surface area contributed by atoms with Crippen molar-refractivity contribution in [2.24, 2.45) is 5.84 Å². The number of rotatable bonds is 6. The summed E-state index contributed by atoms with van der Waals surface area (Å²) in [5.74, 6) is 5.54. The van der Waals surface area contributed by atoms with E-state index in [2.05, 4.69) is 23.4 Å². The average Bonchev–Trinajstić information content (AvgIpc) is 2.26. The van der Waals surface area contributed by atoms with Crippen LogP contribution >= 0.6 is 0 Å². The molecule has 1 unspecified atom stereocenters. The zero-order chi connectivity index (χ0) is 12.0. The Bertz CT molecular complexity index is 328. The van der Waals surface area contributed by atoms with Gasteiger partial charge in [-0.1, -0.05) is 13.0 Å². The van der Waals surface area contributed by atoms with Crippen LogP contribution in [0.5, 0.6) is 0 Å². The van der Waals surface area contributed by atoms with Gasteiger partial charge in [-0.3, -0.25) is 16.3 Å². The number of nitrogens with zero attached hydrogens (tertiary/aromatic N) is 1. The number of nitrogens with two attached hydrogens (primary N) is 1. The van der Waals surface area contributed by atoms with E-state index >= 15 is 0 Å². The van der Waals surface area contributed by atoms with Crippen LogP contribution in [0, 0.1) is 13.8 Å². The lowest BCUT2D eigenvalue weighted by Crippen LogP contribution is -2.32. The molecule has 0 bridgehead atoms. The number of hydrogen-bond donors (Lipinski definition) is 2. The van der Waals surface area contributed by atoms with E-state index in [1.54, 1.807) is 0 Å². The molecule has 4 heteroatoms. The summed E-state index contributed by atoms with van der Waals surface area (Å²) in [4.78, 5) is 4.42. The van der Waals surface area contributed by atoms with Crippen LogP contribution < -0.4 is 11.3 Å². The van der Waals surface area contributed by atoms with Gasteiger partial charge in [0.1, 0.15) is 0 Å². The first-order chi connectivity index (χ1) is 7.69. The third-order valence-corrected chi connectivity index (χ3v) is 2.48. The molecule has 3 N–H and O–H groups in total. The first kappa shape index (κ1) is 13.1. The molecular weight excluding hydrogens is 202 g/mol. The largest absolute Gasteiger partial charge is 0.379 e. The van der Waals surface area contributed by atoms with Crippen molar-refractivity contribution < 1.29 is 4.74 Å². The zero-order valence-electron chi connectivity index (χ0n) is 10.3. The van der Waals surface area contributed by atoms with E-state index in [0.29, 0.717) is 6.61 Å². The van der Waals surface area contributed by atoms with Gasteiger partial charge in [0.2, 0.25) is 0 Å². The number of hydrogen-bond acceptors (Lipinski definition) is 4. The summed E-state index contributed by atoms with van der Waals surface area (Å²) in [7, 11) is 0. The van der Waals surface area contributed by atoms with Crippen molar-refractivity contribution in [2.45, 2.75) is 33.2 Å². The molecule has 0 saturated heterocycles. The highest BCUT2D eigenvalue weighted by Crippen LogP contribution is 2.16. The smallest absolute Gasteiger partial charge is 0.0711 e. The predicted molar refractivity (Wildman–Crippen MR) is 64.9 cm³/mol. The van der Waals surface area contributed by atoms with Crippen molar-refractivity contribution in [3.63, 3.8) is 0 Å². The van der Waals surface area contributed by atoms with E-state index in [9.17, 15) is 0 Å². The van der Waals surface area contributed by atoms with Gasteiger partial charge in [0.15, 0.2) is 0 Å². The van der Waals surface area contributed by atoms with E-state index in [1.165, 1.54) is 0 Å². The molecule has 0 aliphatic carbocycles. The minimum atomic E-state index is 0.0136. The lowest BCUT2D eigenvalue weighted by molar-refractivity contribution is 0.112. The van der Waals surface area contributed by atoms with Crippen molar-refractivity contribution in [3.05, 3.63) is 29.1 Å². The summed E-state index contributed by atoms with van der Waals surface area (Å²) in [5.41, 5.74) is 5.90. The van der Waals surface area contributed by atoms with Gasteiger partial charge in [-0.25, -0.2) is 0 Å². The van der Waals surface area contributed by atoms with Crippen LogP contribution in [0.3, 0.4) is 0 Å². The van der Waals surface area contributed by atoms with E-state index in [0.717, 1.165) is 30.0 Å². The first-order valence-electron chi connectivity index (χ1n) is 5.67. The van der Waals surface area contributed by atoms with Gasteiger partial charge in [-0.05, 0) is 31.9 Å². The lowest BCUT2D eigenvalue weighted by Gasteiger charge is -2.18. The standard InChI is InChI=1S/C12H21N3O/c1-4-7-16-8-12(15-13)11-6-5-9(2)14-10(11)3/h5-6,12,15H,4,7-8,13H2,1-3H3. The summed E-state index contributed by atoms with van der Waals surface area (Å²) in [6.45, 7) is 7.40. The average molecular weight is 223 g/mol. The van der Waals surface area contributed by atoms with Crippen LogP contribution in [0.15, 0.2) is 12.1 Å². The molecule has 0 saturated carbocycles. The van der Waals surface area contributed by atoms with Crippen LogP contribution in [0.1, 0.15) is 36.3 Å². The third kappa shape index (κ3) is 3.56. The predicted octanol–water partition coefficient (Wildman–Crippen LogP) is 1.63. The Hall–Kier alpha value is -0.970. The molecule has 0 aliphatic rings. The number of aromatic nitrogens is 1. The summed E-state index contributed by atoms with van der Waals surface area (Å²) >= 11 is 0. The van der Waals surface area contributed by atoms with Gasteiger partial charge in [-0.2, -0.15) is 0 Å². The molecule has 16 heavy (non-hydrogen) atoms. The Balaban J connectivity index is 2.70. The Kier molecular flexibility index (Phi) is 5.38. The summed E-state index contributed by atoms with van der Waals surface area (Å²) in [5, 5.41) is 0. The van der Waals surface area contributed by atoms with Crippen molar-refractivity contribution in [3.8, 4) is 0 Å². The first-order valence-corrected chi connectivity index (χ1v) is 5.67. The minimum Gasteiger partial charge on any atom is -0.379 e. The van der Waals surface area contributed by atoms with Crippen LogP contribution in [-0.4, -0.2) is 18.2 Å². The fourth-order valence-electron chi connectivity index (χ4n) is 1.64. The summed E-state index contributed by atoms with van der Waals surface area (Å²) in [6, 6.07) is 4.06. The Labute approximate surface area is 97.2 Å². The van der Waals surface area contributed by atoms with Gasteiger partial charge in [0.05, 0.1) is 12.6 Å². The quantitative estimate of drug-likeness (QED) is 0.437. The van der Waals surface area contributed by atoms with Crippen LogP contribution in [0.2, 0.25) is 0 Å². The van der Waals surface area contributed by atoms with E-state index in [-0.39, 0.29) is 6.04 Å². The van der Waals surface area contributed by atoms with Gasteiger partial charge in [0, 0.05) is 18.0 Å². The molecule has 0 amide bonds. The third-order valence-electron chi connectivity index (χ3n) is 2.48. The fraction of sp³-hybridized carbons (Fsp3) is 0.583. The highest BCUT2D eigenvalue weighted by Gasteiger charge is 2.12. The van der Waals surface area contributed by atoms with Gasteiger partial charge in [-0.15, -0.1) is 0 Å². The molecule has 0 aliphatic heterocycles. The fourth-order valence-corrected chi connectivity index (χ4v) is 1.64. The number of nitrogens with one attached hydrogen (secondary N) is 1. The highest BCUT2D eigenvalue weighted by atomic mass is 16.5. The second-order valence-electron chi connectivity index (χ2n) is 3.92. The second kappa shape index (κ2) is 6.58. The lowest BCUT2D eigenvalue weighted by atomic mass is 10.1. The Morgan fingerprint density at radius 2 is 2.19 bits per heavy atom. The summed E-state index contributed by atoms with van der Waals surface area (Å²) in [6.07, 6.45) is 1.02. The molecule has 1 heterocycles. The molecule has 0 aromatic carbocycles. The number of ether oxygens (including phenoxy) is 1. The molecule has 1 rings (SSSR count). The molecule has 4 nitrogen and oxygen atoms in total. The monoisotopic (exact) mass is 223 g/mol. The van der Waals surface area contributed by atoms with Crippen molar-refractivity contribution in [2.75, 3.05) is 13.2 Å². The second-order valence-corrected chi connectivity index (χ2v) is 3.92. The normalized spacial score (nSPS) is 12.8. The molecule has 1 atom stereocenters. The molecule has 0 fully saturated rings. The highest BCUT2D eigenvalue weighted by molar-refractivity contribution is 5.25. The van der Waals surface area contributed by atoms with Crippen molar-refractivity contribution in [1.29, 1.82) is 0 Å². The van der Waals surface area contributed by atoms with Gasteiger partial charge in [0.25, 0.3) is 0 Å². The van der Waals surface area contributed by atoms with Crippen molar-refractivity contribution >= 4 is 0 Å². The SMILES string of the molecule is CCCOCC(NN)c1ccc(C)nc1C. The topological polar surface area (TPSA) is 60.2 Å². The number of aryl methyl sites for hydroxylation is 2. The minimum absolute atomic E-state index is 0.0136. The van der Waals surface area contributed by atoms with Gasteiger partial charge >= 0.3 is 0 Å². The Morgan fingerprint density at radius 3 is 2.75 bits per heavy atom. The van der Waals surface area contributed by atoms with Gasteiger partial charge < -0.3 is 4.74 Å². The molecule has 1 aromatic heterocycles. The molecular formula is C12H21N3O. The van der Waals surface area contributed by atoms with Crippen molar-refractivity contribution in [1.82, 2.24) is 10.4 Å². The zero-order valence-corrected chi connectivity index (χ0v) is 10.3. The molecule has 90 valence electrons. The van der Waals surface area contributed by atoms with E-state index in [4.69, 9.17) is 10.6 Å². The van der Waals surface area contributed by atoms with Crippen LogP contribution in [-0.2, 0) is 4.74 Å².